The molecule has 0 saturated carbocycles. The number of rotatable bonds is 6. The van der Waals surface area contributed by atoms with Crippen molar-refractivity contribution in [1.29, 1.82) is 0 Å². The number of aromatic nitrogens is 2. The molecular formula is C12H12FN3OS3. The molecule has 0 saturated heterocycles. The van der Waals surface area contributed by atoms with Crippen LogP contribution in [0.3, 0.4) is 0 Å². The van der Waals surface area contributed by atoms with Gasteiger partial charge in [-0.05, 0) is 24.0 Å². The number of carbonyl (C=O) groups excluding carboxylic acids is 1. The topological polar surface area (TPSA) is 54.9 Å². The van der Waals surface area contributed by atoms with Crippen molar-refractivity contribution in [2.24, 2.45) is 0 Å². The second-order valence-corrected chi connectivity index (χ2v) is 6.84. The highest BCUT2D eigenvalue weighted by Gasteiger charge is 2.08. The van der Waals surface area contributed by atoms with Gasteiger partial charge in [-0.3, -0.25) is 10.1 Å². The van der Waals surface area contributed by atoms with E-state index < -0.39 is 0 Å². The Bertz CT molecular complexity index is 574. The van der Waals surface area contributed by atoms with Crippen molar-refractivity contribution in [2.45, 2.75) is 10.1 Å². The summed E-state index contributed by atoms with van der Waals surface area (Å²) in [6.07, 6.45) is 1.86. The maximum Gasteiger partial charge on any atom is 0.236 e. The molecule has 8 heteroatoms. The van der Waals surface area contributed by atoms with Gasteiger partial charge in [0.05, 0.1) is 5.75 Å². The first kappa shape index (κ1) is 15.3. The van der Waals surface area contributed by atoms with Gasteiger partial charge in [-0.25, -0.2) is 4.39 Å². The van der Waals surface area contributed by atoms with Gasteiger partial charge < -0.3 is 0 Å². The molecule has 2 aromatic rings. The number of benzene rings is 1. The second kappa shape index (κ2) is 7.61. The fourth-order valence-corrected chi connectivity index (χ4v) is 3.39. The lowest BCUT2D eigenvalue weighted by Crippen LogP contribution is -2.13. The molecule has 0 radical (unpaired) electrons. The van der Waals surface area contributed by atoms with E-state index in [0.717, 1.165) is 9.90 Å². The fraction of sp³-hybridized carbons (Fsp3) is 0.250. The summed E-state index contributed by atoms with van der Waals surface area (Å²) in [7, 11) is 0. The van der Waals surface area contributed by atoms with Gasteiger partial charge in [-0.1, -0.05) is 35.2 Å². The number of nitrogens with one attached hydrogen (secondary N) is 1. The zero-order chi connectivity index (χ0) is 14.4. The van der Waals surface area contributed by atoms with E-state index in [-0.39, 0.29) is 11.7 Å². The molecule has 1 amide bonds. The number of amides is 1. The maximum absolute atomic E-state index is 12.8. The molecule has 4 nitrogen and oxygen atoms in total. The average molecular weight is 329 g/mol. The number of hydrogen-bond donors (Lipinski definition) is 1. The van der Waals surface area contributed by atoms with Crippen LogP contribution >= 0.6 is 34.9 Å². The Morgan fingerprint density at radius 1 is 1.35 bits per heavy atom. The predicted octanol–water partition coefficient (Wildman–Crippen LogP) is 3.27. The SMILES string of the molecule is CSCC(=O)Nc1nnc(SCc2ccc(F)cc2)s1. The van der Waals surface area contributed by atoms with Crippen molar-refractivity contribution in [3.63, 3.8) is 0 Å². The van der Waals surface area contributed by atoms with Crippen molar-refractivity contribution < 1.29 is 9.18 Å². The van der Waals surface area contributed by atoms with E-state index in [9.17, 15) is 9.18 Å². The van der Waals surface area contributed by atoms with E-state index >= 15 is 0 Å². The summed E-state index contributed by atoms with van der Waals surface area (Å²) in [5, 5.41) is 11.1. The standard InChI is InChI=1S/C12H12FN3OS3/c1-18-7-10(17)14-11-15-16-12(20-11)19-6-8-2-4-9(13)5-3-8/h2-5H,6-7H2,1H3,(H,14,15,17). The molecule has 1 aromatic carbocycles. The van der Waals surface area contributed by atoms with Crippen LogP contribution < -0.4 is 5.32 Å². The predicted molar refractivity (Wildman–Crippen MR) is 82.9 cm³/mol. The van der Waals surface area contributed by atoms with Crippen LogP contribution in [-0.4, -0.2) is 28.1 Å². The Labute approximate surface area is 128 Å². The molecule has 1 aromatic heterocycles. The molecule has 20 heavy (non-hydrogen) atoms. The molecule has 0 bridgehead atoms. The first-order valence-corrected chi connectivity index (χ1v) is 8.86. The highest BCUT2D eigenvalue weighted by molar-refractivity contribution is 8.00. The van der Waals surface area contributed by atoms with Crippen LogP contribution in [-0.2, 0) is 10.5 Å². The highest BCUT2D eigenvalue weighted by Crippen LogP contribution is 2.28. The number of halogens is 1. The molecule has 0 atom stereocenters. The van der Waals surface area contributed by atoms with Crippen LogP contribution in [0.2, 0.25) is 0 Å². The van der Waals surface area contributed by atoms with Gasteiger partial charge in [0.2, 0.25) is 11.0 Å². The third-order valence-corrected chi connectivity index (χ3v) is 4.80. The minimum Gasteiger partial charge on any atom is -0.300 e. The Balaban J connectivity index is 1.86. The summed E-state index contributed by atoms with van der Waals surface area (Å²) in [5.74, 6) is 0.767. The van der Waals surface area contributed by atoms with Gasteiger partial charge in [0.15, 0.2) is 4.34 Å². The quantitative estimate of drug-likeness (QED) is 0.651. The minimum absolute atomic E-state index is 0.0799. The van der Waals surface area contributed by atoms with E-state index in [1.54, 1.807) is 12.1 Å². The minimum atomic E-state index is -0.242. The largest absolute Gasteiger partial charge is 0.300 e. The first-order chi connectivity index (χ1) is 9.67. The highest BCUT2D eigenvalue weighted by atomic mass is 32.2. The van der Waals surface area contributed by atoms with Gasteiger partial charge in [0.1, 0.15) is 5.82 Å². The van der Waals surface area contributed by atoms with E-state index in [1.807, 2.05) is 6.26 Å². The van der Waals surface area contributed by atoms with Crippen molar-refractivity contribution in [2.75, 3.05) is 17.3 Å². The van der Waals surface area contributed by atoms with Crippen molar-refractivity contribution in [3.8, 4) is 0 Å². The van der Waals surface area contributed by atoms with Crippen LogP contribution in [0.4, 0.5) is 9.52 Å². The normalized spacial score (nSPS) is 10.5. The lowest BCUT2D eigenvalue weighted by molar-refractivity contribution is -0.113. The number of carbonyl (C=O) groups is 1. The first-order valence-electron chi connectivity index (χ1n) is 5.67. The van der Waals surface area contributed by atoms with Crippen LogP contribution in [0.25, 0.3) is 0 Å². The van der Waals surface area contributed by atoms with Crippen LogP contribution in [0, 0.1) is 5.82 Å². The zero-order valence-electron chi connectivity index (χ0n) is 10.6. The molecule has 0 aliphatic rings. The van der Waals surface area contributed by atoms with Crippen LogP contribution in [0.1, 0.15) is 5.56 Å². The number of nitrogens with zero attached hydrogens (tertiary/aromatic N) is 2. The molecule has 0 spiro atoms. The molecule has 1 heterocycles. The van der Waals surface area contributed by atoms with Gasteiger partial charge >= 0.3 is 0 Å². The molecule has 0 aliphatic heterocycles. The summed E-state index contributed by atoms with van der Waals surface area (Å²) in [6.45, 7) is 0. The molecule has 2 rings (SSSR count). The second-order valence-electron chi connectivity index (χ2n) is 3.77. The summed E-state index contributed by atoms with van der Waals surface area (Å²) in [6, 6.07) is 6.35. The smallest absolute Gasteiger partial charge is 0.236 e. The van der Waals surface area contributed by atoms with Gasteiger partial charge in [-0.2, -0.15) is 11.8 Å². The zero-order valence-corrected chi connectivity index (χ0v) is 13.1. The molecule has 1 N–H and O–H groups in total. The summed E-state index contributed by atoms with van der Waals surface area (Å²) in [5.41, 5.74) is 1.01. The molecule has 106 valence electrons. The molecule has 0 unspecified atom stereocenters. The lowest BCUT2D eigenvalue weighted by atomic mass is 10.2. The van der Waals surface area contributed by atoms with Crippen LogP contribution in [0.5, 0.6) is 0 Å². The van der Waals surface area contributed by atoms with E-state index in [2.05, 4.69) is 15.5 Å². The Kier molecular flexibility index (Phi) is 5.81. The fourth-order valence-electron chi connectivity index (χ4n) is 1.33. The molecular weight excluding hydrogens is 317 g/mol. The Hall–Kier alpha value is -1.12. The number of thioether (sulfide) groups is 2. The summed E-state index contributed by atoms with van der Waals surface area (Å²) in [4.78, 5) is 11.4. The van der Waals surface area contributed by atoms with Gasteiger partial charge in [0.25, 0.3) is 0 Å². The third kappa shape index (κ3) is 4.77. The van der Waals surface area contributed by atoms with Crippen molar-refractivity contribution in [1.82, 2.24) is 10.2 Å². The third-order valence-electron chi connectivity index (χ3n) is 2.20. The average Bonchev–Trinajstić information content (AvgIpc) is 2.86. The number of anilines is 1. The van der Waals surface area contributed by atoms with E-state index in [4.69, 9.17) is 0 Å². The summed E-state index contributed by atoms with van der Waals surface area (Å²) >= 11 is 4.29. The Morgan fingerprint density at radius 3 is 2.80 bits per heavy atom. The molecule has 0 fully saturated rings. The van der Waals surface area contributed by atoms with Crippen LogP contribution in [0.15, 0.2) is 28.6 Å². The van der Waals surface area contributed by atoms with E-state index in [0.29, 0.717) is 16.6 Å². The summed E-state index contributed by atoms with van der Waals surface area (Å²) < 4.78 is 13.5. The van der Waals surface area contributed by atoms with Crippen molar-refractivity contribution in [3.05, 3.63) is 35.6 Å². The van der Waals surface area contributed by atoms with Gasteiger partial charge in [-0.15, -0.1) is 10.2 Å². The lowest BCUT2D eigenvalue weighted by Gasteiger charge is -1.98. The number of hydrogen-bond acceptors (Lipinski definition) is 6. The maximum atomic E-state index is 12.8. The Morgan fingerprint density at radius 2 is 2.10 bits per heavy atom. The van der Waals surface area contributed by atoms with Gasteiger partial charge in [0, 0.05) is 5.75 Å². The monoisotopic (exact) mass is 329 g/mol. The van der Waals surface area contributed by atoms with Crippen molar-refractivity contribution >= 4 is 45.9 Å². The molecule has 0 aliphatic carbocycles. The van der Waals surface area contributed by atoms with E-state index in [1.165, 1.54) is 47.0 Å².